The molecular formula is C18H11Cl6NO2. The number of anilines is 1. The van der Waals surface area contributed by atoms with E-state index in [1.54, 1.807) is 18.2 Å². The second-order valence-corrected chi connectivity index (χ2v) is 9.30. The Morgan fingerprint density at radius 2 is 1.56 bits per heavy atom. The number of benzene rings is 2. The second-order valence-electron chi connectivity index (χ2n) is 6.20. The first-order valence-electron chi connectivity index (χ1n) is 7.67. The Balaban J connectivity index is 1.86. The van der Waals surface area contributed by atoms with Gasteiger partial charge in [-0.25, -0.2) is 0 Å². The van der Waals surface area contributed by atoms with Gasteiger partial charge in [0, 0.05) is 27.2 Å². The highest BCUT2D eigenvalue weighted by atomic mass is 35.5. The van der Waals surface area contributed by atoms with Crippen LogP contribution >= 0.6 is 69.6 Å². The van der Waals surface area contributed by atoms with Crippen molar-refractivity contribution in [3.8, 4) is 0 Å². The van der Waals surface area contributed by atoms with Crippen molar-refractivity contribution in [1.29, 1.82) is 0 Å². The summed E-state index contributed by atoms with van der Waals surface area (Å²) in [6.45, 7) is 1.35. The Hall–Kier alpha value is -0.680. The number of alkyl halides is 2. The van der Waals surface area contributed by atoms with Gasteiger partial charge in [0.1, 0.15) is 4.33 Å². The van der Waals surface area contributed by atoms with E-state index in [1.165, 1.54) is 19.1 Å². The Morgan fingerprint density at radius 1 is 0.963 bits per heavy atom. The van der Waals surface area contributed by atoms with E-state index >= 15 is 0 Å². The minimum absolute atomic E-state index is 0.129. The molecule has 1 saturated carbocycles. The molecule has 142 valence electrons. The van der Waals surface area contributed by atoms with Gasteiger partial charge in [0.2, 0.25) is 5.91 Å². The van der Waals surface area contributed by atoms with Crippen LogP contribution in [0, 0.1) is 5.92 Å². The monoisotopic (exact) mass is 483 g/mol. The third-order valence-corrected chi connectivity index (χ3v) is 6.43. The number of hydrogen-bond acceptors (Lipinski definition) is 2. The lowest BCUT2D eigenvalue weighted by Gasteiger charge is -2.09. The maximum atomic E-state index is 12.7. The molecule has 0 bridgehead atoms. The zero-order valence-electron chi connectivity index (χ0n) is 13.6. The van der Waals surface area contributed by atoms with Crippen LogP contribution in [0.25, 0.3) is 0 Å². The topological polar surface area (TPSA) is 46.2 Å². The SMILES string of the molecule is CC(=O)c1cc(NC(=O)C2C(c3cc(Cl)cc(Cl)c3)C2(Cl)Cl)cc(Cl)c1Cl. The minimum atomic E-state index is -1.31. The highest BCUT2D eigenvalue weighted by molar-refractivity contribution is 6.53. The van der Waals surface area contributed by atoms with Crippen molar-refractivity contribution >= 4 is 87.0 Å². The van der Waals surface area contributed by atoms with E-state index in [0.717, 1.165) is 0 Å². The van der Waals surface area contributed by atoms with Crippen molar-refractivity contribution in [2.75, 3.05) is 5.32 Å². The molecule has 27 heavy (non-hydrogen) atoms. The van der Waals surface area contributed by atoms with Gasteiger partial charge >= 0.3 is 0 Å². The third kappa shape index (κ3) is 4.19. The number of carbonyl (C=O) groups excluding carboxylic acids is 2. The molecule has 3 rings (SSSR count). The van der Waals surface area contributed by atoms with Gasteiger partial charge < -0.3 is 5.32 Å². The molecule has 1 aliphatic rings. The first-order valence-corrected chi connectivity index (χ1v) is 9.93. The van der Waals surface area contributed by atoms with Crippen molar-refractivity contribution in [3.05, 3.63) is 61.5 Å². The van der Waals surface area contributed by atoms with Crippen molar-refractivity contribution in [2.24, 2.45) is 5.92 Å². The molecule has 0 spiro atoms. The largest absolute Gasteiger partial charge is 0.326 e. The Labute approximate surface area is 185 Å². The molecule has 1 fully saturated rings. The first-order chi connectivity index (χ1) is 12.5. The highest BCUT2D eigenvalue weighted by Gasteiger charge is 2.67. The summed E-state index contributed by atoms with van der Waals surface area (Å²) in [7, 11) is 0. The summed E-state index contributed by atoms with van der Waals surface area (Å²) in [6, 6.07) is 7.81. The summed E-state index contributed by atoms with van der Waals surface area (Å²) < 4.78 is -1.31. The molecule has 2 aromatic rings. The maximum absolute atomic E-state index is 12.7. The van der Waals surface area contributed by atoms with Crippen LogP contribution in [0.15, 0.2) is 30.3 Å². The minimum Gasteiger partial charge on any atom is -0.326 e. The summed E-state index contributed by atoms with van der Waals surface area (Å²) in [5, 5.41) is 3.80. The van der Waals surface area contributed by atoms with Crippen LogP contribution in [0.2, 0.25) is 20.1 Å². The maximum Gasteiger partial charge on any atom is 0.231 e. The summed E-state index contributed by atoms with van der Waals surface area (Å²) in [5.41, 5.74) is 1.19. The fraction of sp³-hybridized carbons (Fsp3) is 0.222. The summed E-state index contributed by atoms with van der Waals surface area (Å²) in [4.78, 5) is 24.4. The normalized spacial score (nSPS) is 20.3. The smallest absolute Gasteiger partial charge is 0.231 e. The van der Waals surface area contributed by atoms with Crippen LogP contribution in [0.4, 0.5) is 5.69 Å². The molecule has 0 saturated heterocycles. The van der Waals surface area contributed by atoms with Crippen molar-refractivity contribution in [1.82, 2.24) is 0 Å². The predicted molar refractivity (Wildman–Crippen MR) is 112 cm³/mol. The Morgan fingerprint density at radius 3 is 2.11 bits per heavy atom. The molecule has 1 aliphatic carbocycles. The van der Waals surface area contributed by atoms with Gasteiger partial charge in [0.15, 0.2) is 5.78 Å². The summed E-state index contributed by atoms with van der Waals surface area (Å²) in [6.07, 6.45) is 0. The van der Waals surface area contributed by atoms with E-state index in [-0.39, 0.29) is 21.4 Å². The average Bonchev–Trinajstić information content (AvgIpc) is 3.12. The van der Waals surface area contributed by atoms with Crippen LogP contribution in [0.3, 0.4) is 0 Å². The number of rotatable bonds is 4. The first kappa shape index (κ1) is 21.0. The van der Waals surface area contributed by atoms with Crippen LogP contribution in [-0.2, 0) is 4.79 Å². The van der Waals surface area contributed by atoms with Gasteiger partial charge in [-0.1, -0.05) is 46.4 Å². The van der Waals surface area contributed by atoms with Gasteiger partial charge in [-0.3, -0.25) is 9.59 Å². The van der Waals surface area contributed by atoms with E-state index in [2.05, 4.69) is 5.32 Å². The Kier molecular flexibility index (Phi) is 5.94. The van der Waals surface area contributed by atoms with E-state index in [4.69, 9.17) is 69.6 Å². The van der Waals surface area contributed by atoms with Crippen LogP contribution in [0.5, 0.6) is 0 Å². The van der Waals surface area contributed by atoms with Crippen molar-refractivity contribution < 1.29 is 9.59 Å². The number of ketones is 1. The third-order valence-electron chi connectivity index (χ3n) is 4.26. The van der Waals surface area contributed by atoms with Gasteiger partial charge in [-0.15, -0.1) is 23.2 Å². The van der Waals surface area contributed by atoms with Crippen LogP contribution < -0.4 is 5.32 Å². The summed E-state index contributed by atoms with van der Waals surface area (Å²) >= 11 is 36.8. The molecule has 0 heterocycles. The number of carbonyl (C=O) groups is 2. The van der Waals surface area contributed by atoms with E-state index in [9.17, 15) is 9.59 Å². The predicted octanol–water partition coefficient (Wildman–Crippen LogP) is 7.03. The average molecular weight is 486 g/mol. The lowest BCUT2D eigenvalue weighted by molar-refractivity contribution is -0.117. The molecule has 0 aliphatic heterocycles. The van der Waals surface area contributed by atoms with E-state index in [0.29, 0.717) is 21.3 Å². The van der Waals surface area contributed by atoms with Gasteiger partial charge in [-0.2, -0.15) is 0 Å². The second kappa shape index (κ2) is 7.62. The number of halogens is 6. The van der Waals surface area contributed by atoms with Gasteiger partial charge in [-0.05, 0) is 42.8 Å². The van der Waals surface area contributed by atoms with E-state index in [1.807, 2.05) is 0 Å². The lowest BCUT2D eigenvalue weighted by atomic mass is 10.1. The van der Waals surface area contributed by atoms with Crippen LogP contribution in [0.1, 0.15) is 28.8 Å². The highest BCUT2D eigenvalue weighted by Crippen LogP contribution is 2.65. The van der Waals surface area contributed by atoms with Crippen molar-refractivity contribution in [2.45, 2.75) is 17.2 Å². The van der Waals surface area contributed by atoms with E-state index < -0.39 is 22.1 Å². The van der Waals surface area contributed by atoms with Crippen LogP contribution in [-0.4, -0.2) is 16.0 Å². The molecule has 3 nitrogen and oxygen atoms in total. The molecule has 9 heteroatoms. The quantitative estimate of drug-likeness (QED) is 0.373. The number of hydrogen-bond donors (Lipinski definition) is 1. The molecule has 2 aromatic carbocycles. The fourth-order valence-corrected chi connectivity index (χ4v) is 4.79. The number of Topliss-reactive ketones (excluding diaryl/α,β-unsaturated/α-hetero) is 1. The molecule has 2 atom stereocenters. The molecule has 2 unspecified atom stereocenters. The Bertz CT molecular complexity index is 939. The number of nitrogens with one attached hydrogen (secondary N) is 1. The van der Waals surface area contributed by atoms with Crippen molar-refractivity contribution in [3.63, 3.8) is 0 Å². The molecule has 0 radical (unpaired) electrons. The summed E-state index contributed by atoms with van der Waals surface area (Å²) in [5.74, 6) is -1.91. The fourth-order valence-electron chi connectivity index (χ4n) is 2.96. The number of amides is 1. The molecule has 1 N–H and O–H groups in total. The van der Waals surface area contributed by atoms with Gasteiger partial charge in [0.25, 0.3) is 0 Å². The molecule has 0 aromatic heterocycles. The lowest BCUT2D eigenvalue weighted by Crippen LogP contribution is -2.17. The molecular weight excluding hydrogens is 475 g/mol. The zero-order valence-corrected chi connectivity index (χ0v) is 18.2. The standard InChI is InChI=1S/C18H11Cl6NO2/c1-7(26)12-5-11(6-13(21)16(12)22)25-17(27)15-14(18(15,23)24)8-2-9(19)4-10(20)3-8/h2-6,14-15H,1H3,(H,25,27). The zero-order chi connectivity index (χ0) is 20.1. The van der Waals surface area contributed by atoms with Gasteiger partial charge in [0.05, 0.1) is 16.0 Å². The molecule has 1 amide bonds.